The first-order valence-electron chi connectivity index (χ1n) is 8.61. The minimum absolute atomic E-state index is 0.372. The second-order valence-electron chi connectivity index (χ2n) is 6.34. The summed E-state index contributed by atoms with van der Waals surface area (Å²) in [5.41, 5.74) is 2.35. The zero-order chi connectivity index (χ0) is 17.6. The van der Waals surface area contributed by atoms with Crippen LogP contribution in [0, 0.1) is 6.92 Å². The van der Waals surface area contributed by atoms with E-state index >= 15 is 0 Å². The number of anilines is 1. The Kier molecular flexibility index (Phi) is 5.81. The molecule has 6 nitrogen and oxygen atoms in total. The molecule has 0 amide bonds. The summed E-state index contributed by atoms with van der Waals surface area (Å²) < 4.78 is 1.94. The fraction of sp³-hybridized carbons (Fsp3) is 0.444. The Morgan fingerprint density at radius 2 is 2.32 bits per heavy atom. The average molecular weight is 361 g/mol. The second-order valence-corrected chi connectivity index (χ2v) is 6.77. The van der Waals surface area contributed by atoms with Crippen molar-refractivity contribution in [3.63, 3.8) is 0 Å². The summed E-state index contributed by atoms with van der Waals surface area (Å²) in [5, 5.41) is 11.9. The second kappa shape index (κ2) is 8.25. The van der Waals surface area contributed by atoms with Crippen molar-refractivity contribution in [1.82, 2.24) is 20.4 Å². The van der Waals surface area contributed by atoms with Gasteiger partial charge >= 0.3 is 0 Å². The van der Waals surface area contributed by atoms with Gasteiger partial charge in [-0.3, -0.25) is 9.67 Å². The lowest BCUT2D eigenvalue weighted by Crippen LogP contribution is -2.45. The largest absolute Gasteiger partial charge is 0.369 e. The van der Waals surface area contributed by atoms with Crippen LogP contribution in [0.25, 0.3) is 0 Å². The number of guanidine groups is 1. The van der Waals surface area contributed by atoms with Crippen LogP contribution in [-0.4, -0.2) is 48.5 Å². The maximum atomic E-state index is 6.10. The Morgan fingerprint density at radius 1 is 1.44 bits per heavy atom. The number of aryl methyl sites for hydroxylation is 1. The minimum atomic E-state index is 0.372. The Hall–Kier alpha value is -2.21. The van der Waals surface area contributed by atoms with Crippen molar-refractivity contribution in [3.8, 4) is 0 Å². The van der Waals surface area contributed by atoms with Crippen LogP contribution in [0.5, 0.6) is 0 Å². The van der Waals surface area contributed by atoms with Gasteiger partial charge < -0.3 is 15.5 Å². The number of rotatable bonds is 5. The molecule has 0 bridgehead atoms. The van der Waals surface area contributed by atoms with Gasteiger partial charge in [0, 0.05) is 49.6 Å². The van der Waals surface area contributed by atoms with E-state index in [1.54, 1.807) is 7.05 Å². The smallest absolute Gasteiger partial charge is 0.191 e. The van der Waals surface area contributed by atoms with Gasteiger partial charge in [-0.25, -0.2) is 0 Å². The molecule has 1 fully saturated rings. The molecule has 0 spiro atoms. The fourth-order valence-electron chi connectivity index (χ4n) is 3.05. The number of benzene rings is 1. The summed E-state index contributed by atoms with van der Waals surface area (Å²) in [4.78, 5) is 6.68. The highest BCUT2D eigenvalue weighted by molar-refractivity contribution is 6.30. The normalized spacial score (nSPS) is 17.8. The highest BCUT2D eigenvalue weighted by atomic mass is 35.5. The first-order chi connectivity index (χ1) is 12.1. The molecule has 1 unspecified atom stereocenters. The molecule has 2 heterocycles. The summed E-state index contributed by atoms with van der Waals surface area (Å²) in [6.07, 6.45) is 4.99. The Labute approximate surface area is 153 Å². The van der Waals surface area contributed by atoms with E-state index in [0.29, 0.717) is 6.04 Å². The monoisotopic (exact) mass is 360 g/mol. The van der Waals surface area contributed by atoms with Gasteiger partial charge in [-0.15, -0.1) is 0 Å². The molecule has 1 saturated heterocycles. The van der Waals surface area contributed by atoms with Crippen LogP contribution in [0.15, 0.2) is 41.7 Å². The maximum absolute atomic E-state index is 6.10. The molecule has 2 N–H and O–H groups in total. The molecule has 7 heteroatoms. The van der Waals surface area contributed by atoms with E-state index in [4.69, 9.17) is 11.6 Å². The molecule has 25 heavy (non-hydrogen) atoms. The zero-order valence-electron chi connectivity index (χ0n) is 14.7. The van der Waals surface area contributed by atoms with Gasteiger partial charge in [0.2, 0.25) is 0 Å². The lowest BCUT2D eigenvalue weighted by Gasteiger charge is -2.20. The van der Waals surface area contributed by atoms with Crippen LogP contribution in [0.3, 0.4) is 0 Å². The third-order valence-corrected chi connectivity index (χ3v) is 4.56. The Bertz CT molecular complexity index is 726. The van der Waals surface area contributed by atoms with Crippen LogP contribution in [-0.2, 0) is 6.54 Å². The van der Waals surface area contributed by atoms with Crippen molar-refractivity contribution in [1.29, 1.82) is 0 Å². The maximum Gasteiger partial charge on any atom is 0.191 e. The summed E-state index contributed by atoms with van der Waals surface area (Å²) in [6, 6.07) is 8.40. The summed E-state index contributed by atoms with van der Waals surface area (Å²) >= 11 is 6.10. The molecule has 1 aliphatic rings. The summed E-state index contributed by atoms with van der Waals surface area (Å²) in [7, 11) is 1.80. The number of halogens is 1. The van der Waals surface area contributed by atoms with Crippen LogP contribution in [0.2, 0.25) is 5.02 Å². The number of hydrogen-bond acceptors (Lipinski definition) is 3. The quantitative estimate of drug-likeness (QED) is 0.634. The molecular weight excluding hydrogens is 336 g/mol. The number of aromatic nitrogens is 2. The molecule has 1 aliphatic heterocycles. The molecule has 1 aromatic carbocycles. The van der Waals surface area contributed by atoms with Crippen LogP contribution in [0.1, 0.15) is 12.0 Å². The van der Waals surface area contributed by atoms with E-state index in [1.165, 1.54) is 11.3 Å². The lowest BCUT2D eigenvalue weighted by atomic mass is 10.3. The predicted octanol–water partition coefficient (Wildman–Crippen LogP) is 2.29. The van der Waals surface area contributed by atoms with Crippen LogP contribution >= 0.6 is 11.6 Å². The van der Waals surface area contributed by atoms with Crippen molar-refractivity contribution in [3.05, 3.63) is 47.2 Å². The van der Waals surface area contributed by atoms with Gasteiger partial charge in [0.1, 0.15) is 0 Å². The molecule has 134 valence electrons. The molecule has 0 aliphatic carbocycles. The first kappa shape index (κ1) is 17.6. The van der Waals surface area contributed by atoms with Gasteiger partial charge in [-0.05, 0) is 37.1 Å². The molecular formula is C18H25ClN6. The Balaban J connectivity index is 1.46. The van der Waals surface area contributed by atoms with E-state index in [9.17, 15) is 0 Å². The summed E-state index contributed by atoms with van der Waals surface area (Å²) in [6.45, 7) is 5.60. The predicted molar refractivity (Wildman–Crippen MR) is 104 cm³/mol. The fourth-order valence-corrected chi connectivity index (χ4v) is 3.24. The molecule has 3 rings (SSSR count). The van der Waals surface area contributed by atoms with Crippen molar-refractivity contribution in [2.24, 2.45) is 4.99 Å². The topological polar surface area (TPSA) is 57.5 Å². The first-order valence-corrected chi connectivity index (χ1v) is 8.98. The highest BCUT2D eigenvalue weighted by Gasteiger charge is 2.23. The van der Waals surface area contributed by atoms with Gasteiger partial charge in [0.25, 0.3) is 0 Å². The SMILES string of the molecule is CN=C(NCCn1cc(C)cn1)NC1CCN(c2cccc(Cl)c2)C1. The lowest BCUT2D eigenvalue weighted by molar-refractivity contribution is 0.587. The van der Waals surface area contributed by atoms with E-state index in [0.717, 1.165) is 43.6 Å². The average Bonchev–Trinajstić information content (AvgIpc) is 3.23. The van der Waals surface area contributed by atoms with E-state index in [1.807, 2.05) is 42.2 Å². The minimum Gasteiger partial charge on any atom is -0.369 e. The zero-order valence-corrected chi connectivity index (χ0v) is 15.5. The number of nitrogens with zero attached hydrogens (tertiary/aromatic N) is 4. The molecule has 2 aromatic rings. The molecule has 0 saturated carbocycles. The van der Waals surface area contributed by atoms with Gasteiger partial charge in [-0.1, -0.05) is 17.7 Å². The standard InChI is InChI=1S/C18H25ClN6/c1-14-11-22-25(12-14)9-7-21-18(20-2)23-16-6-8-24(13-16)17-5-3-4-15(19)10-17/h3-5,10-12,16H,6-9,13H2,1-2H3,(H2,20,21,23). The Morgan fingerprint density at radius 3 is 3.04 bits per heavy atom. The number of nitrogens with one attached hydrogen (secondary N) is 2. The van der Waals surface area contributed by atoms with Crippen molar-refractivity contribution in [2.75, 3.05) is 31.6 Å². The highest BCUT2D eigenvalue weighted by Crippen LogP contribution is 2.23. The number of aliphatic imine (C=N–C) groups is 1. The van der Waals surface area contributed by atoms with E-state index < -0.39 is 0 Å². The molecule has 1 atom stereocenters. The molecule has 1 aromatic heterocycles. The number of hydrogen-bond donors (Lipinski definition) is 2. The third kappa shape index (κ3) is 4.89. The van der Waals surface area contributed by atoms with Gasteiger partial charge in [0.05, 0.1) is 12.7 Å². The van der Waals surface area contributed by atoms with E-state index in [2.05, 4.69) is 31.7 Å². The van der Waals surface area contributed by atoms with Crippen LogP contribution < -0.4 is 15.5 Å². The van der Waals surface area contributed by atoms with Crippen LogP contribution in [0.4, 0.5) is 5.69 Å². The van der Waals surface area contributed by atoms with E-state index in [-0.39, 0.29) is 0 Å². The van der Waals surface area contributed by atoms with Gasteiger partial charge in [0.15, 0.2) is 5.96 Å². The van der Waals surface area contributed by atoms with Crippen molar-refractivity contribution >= 4 is 23.2 Å². The van der Waals surface area contributed by atoms with Crippen molar-refractivity contribution in [2.45, 2.75) is 25.9 Å². The third-order valence-electron chi connectivity index (χ3n) is 4.32. The summed E-state index contributed by atoms with van der Waals surface area (Å²) in [5.74, 6) is 0.835. The molecule has 0 radical (unpaired) electrons. The van der Waals surface area contributed by atoms with Gasteiger partial charge in [-0.2, -0.15) is 5.10 Å². The van der Waals surface area contributed by atoms with Crippen molar-refractivity contribution < 1.29 is 0 Å².